The maximum Gasteiger partial charge on any atom is 0.246 e. The average Bonchev–Trinajstić information content (AvgIpc) is 3.53. The second-order valence-electron chi connectivity index (χ2n) is 11.7. The van der Waals surface area contributed by atoms with Crippen molar-refractivity contribution in [3.05, 3.63) is 72.3 Å². The average molecular weight is 544 g/mol. The molecule has 4 aliphatic rings. The van der Waals surface area contributed by atoms with Crippen LogP contribution in [0.2, 0.25) is 0 Å². The summed E-state index contributed by atoms with van der Waals surface area (Å²) < 4.78 is 11.9. The number of rotatable bonds is 8. The van der Waals surface area contributed by atoms with E-state index in [1.807, 2.05) is 73.7 Å². The number of nitrogens with one attached hydrogen (secondary N) is 2. The summed E-state index contributed by atoms with van der Waals surface area (Å²) in [4.78, 5) is 43.7. The minimum Gasteiger partial charge on any atom is -0.497 e. The Hall–Kier alpha value is -3.65. The number of hydrogen-bond acceptors (Lipinski definition) is 5. The van der Waals surface area contributed by atoms with Crippen LogP contribution < -0.4 is 15.4 Å². The van der Waals surface area contributed by atoms with Gasteiger partial charge in [-0.1, -0.05) is 61.7 Å². The third-order valence-corrected chi connectivity index (χ3v) is 9.12. The van der Waals surface area contributed by atoms with Crippen LogP contribution in [0.3, 0.4) is 0 Å². The molecule has 8 nitrogen and oxygen atoms in total. The summed E-state index contributed by atoms with van der Waals surface area (Å²) >= 11 is 0. The molecule has 2 saturated heterocycles. The molecule has 3 fully saturated rings. The maximum atomic E-state index is 14.2. The smallest absolute Gasteiger partial charge is 0.246 e. The van der Waals surface area contributed by atoms with E-state index in [2.05, 4.69) is 10.6 Å². The molecule has 2 aromatic rings. The molecule has 3 aliphatic heterocycles. The van der Waals surface area contributed by atoms with Gasteiger partial charge in [-0.05, 0) is 56.0 Å². The summed E-state index contributed by atoms with van der Waals surface area (Å²) in [6, 6.07) is 16.2. The van der Waals surface area contributed by atoms with Gasteiger partial charge in [0.25, 0.3) is 0 Å². The number of anilines is 1. The number of likely N-dealkylation sites (tertiary alicyclic amines) is 1. The van der Waals surface area contributed by atoms with Crippen molar-refractivity contribution in [2.75, 3.05) is 19.0 Å². The van der Waals surface area contributed by atoms with Crippen LogP contribution in [0.15, 0.2) is 66.7 Å². The first kappa shape index (κ1) is 26.6. The lowest BCUT2D eigenvalue weighted by Crippen LogP contribution is -2.57. The number of carbonyl (C=O) groups is 3. The van der Waals surface area contributed by atoms with Gasteiger partial charge >= 0.3 is 0 Å². The largest absolute Gasteiger partial charge is 0.497 e. The van der Waals surface area contributed by atoms with E-state index in [4.69, 9.17) is 9.47 Å². The second kappa shape index (κ2) is 10.4. The first-order valence-electron chi connectivity index (χ1n) is 14.3. The quantitative estimate of drug-likeness (QED) is 0.493. The normalized spacial score (nSPS) is 30.8. The van der Waals surface area contributed by atoms with Crippen LogP contribution in [-0.4, -0.2) is 59.6 Å². The highest BCUT2D eigenvalue weighted by atomic mass is 16.5. The topological polar surface area (TPSA) is 97.0 Å². The van der Waals surface area contributed by atoms with Crippen molar-refractivity contribution in [2.24, 2.45) is 11.8 Å². The van der Waals surface area contributed by atoms with Gasteiger partial charge in [0.2, 0.25) is 17.7 Å². The predicted octanol–water partition coefficient (Wildman–Crippen LogP) is 3.87. The molecule has 2 N–H and O–H groups in total. The second-order valence-corrected chi connectivity index (χ2v) is 11.7. The highest BCUT2D eigenvalue weighted by Gasteiger charge is 2.76. The number of ether oxygens (including phenoxy) is 2. The molecule has 0 unspecified atom stereocenters. The number of carbonyl (C=O) groups excluding carboxylic acids is 3. The van der Waals surface area contributed by atoms with Crippen LogP contribution in [0.1, 0.15) is 44.6 Å². The fourth-order valence-electron chi connectivity index (χ4n) is 7.18. The van der Waals surface area contributed by atoms with E-state index in [-0.39, 0.29) is 23.8 Å². The molecule has 1 aliphatic carbocycles. The molecule has 3 heterocycles. The lowest BCUT2D eigenvalue weighted by Gasteiger charge is -2.34. The molecular weight excluding hydrogens is 506 g/mol. The van der Waals surface area contributed by atoms with Crippen LogP contribution in [0.25, 0.3) is 0 Å². The molecule has 0 aromatic heterocycles. The van der Waals surface area contributed by atoms with E-state index < -0.39 is 29.1 Å². The highest BCUT2D eigenvalue weighted by molar-refractivity contribution is 6.03. The SMILES string of the molecule is COc1ccc(CCN2C(=O)[C@@H]3[C@@H](C(=O)Nc4ccccc4)[C@@]4(C)C=C[C@@]3(O4)[C@@H]2C(=O)NC2CCCCC2)cc1. The van der Waals surface area contributed by atoms with E-state index in [1.54, 1.807) is 12.0 Å². The fraction of sp³-hybridized carbons (Fsp3) is 0.469. The molecule has 0 radical (unpaired) electrons. The molecule has 5 atom stereocenters. The Bertz CT molecular complexity index is 1310. The number of para-hydroxylation sites is 1. The Kier molecular flexibility index (Phi) is 6.90. The predicted molar refractivity (Wildman–Crippen MR) is 151 cm³/mol. The maximum absolute atomic E-state index is 14.2. The molecule has 8 heteroatoms. The number of fused-ring (bicyclic) bond motifs is 1. The van der Waals surface area contributed by atoms with E-state index in [1.165, 1.54) is 6.42 Å². The molecular formula is C32H37N3O5. The third kappa shape index (κ3) is 4.48. The van der Waals surface area contributed by atoms with Gasteiger partial charge in [0.15, 0.2) is 0 Å². The third-order valence-electron chi connectivity index (χ3n) is 9.12. The Balaban J connectivity index is 1.31. The minimum atomic E-state index is -1.19. The number of benzene rings is 2. The van der Waals surface area contributed by atoms with Crippen molar-refractivity contribution in [3.63, 3.8) is 0 Å². The van der Waals surface area contributed by atoms with E-state index in [9.17, 15) is 14.4 Å². The van der Waals surface area contributed by atoms with Gasteiger partial charge < -0.3 is 25.0 Å². The molecule has 6 rings (SSSR count). The first-order valence-corrected chi connectivity index (χ1v) is 14.3. The number of nitrogens with zero attached hydrogens (tertiary/aromatic N) is 1. The van der Waals surface area contributed by atoms with Crippen LogP contribution in [0.4, 0.5) is 5.69 Å². The summed E-state index contributed by atoms with van der Waals surface area (Å²) in [5, 5.41) is 6.23. The minimum absolute atomic E-state index is 0.0885. The molecule has 210 valence electrons. The number of hydrogen-bond donors (Lipinski definition) is 2. The molecule has 40 heavy (non-hydrogen) atoms. The van der Waals surface area contributed by atoms with E-state index in [0.29, 0.717) is 18.7 Å². The molecule has 2 bridgehead atoms. The molecule has 1 saturated carbocycles. The lowest BCUT2D eigenvalue weighted by molar-refractivity contribution is -0.144. The summed E-state index contributed by atoms with van der Waals surface area (Å²) in [5.41, 5.74) is -0.487. The van der Waals surface area contributed by atoms with Gasteiger partial charge in [0.1, 0.15) is 17.4 Å². The molecule has 1 spiro atoms. The van der Waals surface area contributed by atoms with Crippen LogP contribution in [0.5, 0.6) is 5.75 Å². The van der Waals surface area contributed by atoms with Crippen LogP contribution in [0, 0.1) is 11.8 Å². The van der Waals surface area contributed by atoms with Crippen molar-refractivity contribution < 1.29 is 23.9 Å². The van der Waals surface area contributed by atoms with Gasteiger partial charge in [-0.15, -0.1) is 0 Å². The summed E-state index contributed by atoms with van der Waals surface area (Å²) in [6.07, 6.45) is 9.53. The van der Waals surface area contributed by atoms with Gasteiger partial charge in [-0.2, -0.15) is 0 Å². The summed E-state index contributed by atoms with van der Waals surface area (Å²) in [7, 11) is 1.62. The van der Waals surface area contributed by atoms with Crippen molar-refractivity contribution >= 4 is 23.4 Å². The van der Waals surface area contributed by atoms with E-state index >= 15 is 0 Å². The van der Waals surface area contributed by atoms with Gasteiger partial charge in [0, 0.05) is 18.3 Å². The standard InChI is InChI=1S/C32H37N3O5/c1-31-18-19-32(40-31)26(25(31)28(36)33-22-9-5-3-6-10-22)30(38)35(20-17-21-13-15-24(39-2)16-14-21)27(32)29(37)34-23-11-7-4-8-12-23/h3,5-6,9-10,13-16,18-19,23,25-27H,4,7-8,11-12,17,20H2,1-2H3,(H,33,36)(H,34,37)/t25-,26-,27-,31+,32-/m0/s1. The summed E-state index contributed by atoms with van der Waals surface area (Å²) in [6.45, 7) is 2.18. The Morgan fingerprint density at radius 2 is 1.73 bits per heavy atom. The molecule has 2 aromatic carbocycles. The Morgan fingerprint density at radius 3 is 2.42 bits per heavy atom. The van der Waals surface area contributed by atoms with Crippen molar-refractivity contribution in [2.45, 2.75) is 68.7 Å². The zero-order valence-electron chi connectivity index (χ0n) is 23.1. The van der Waals surface area contributed by atoms with Crippen molar-refractivity contribution in [1.29, 1.82) is 0 Å². The van der Waals surface area contributed by atoms with Gasteiger partial charge in [-0.25, -0.2) is 0 Å². The summed E-state index contributed by atoms with van der Waals surface area (Å²) in [5.74, 6) is -1.48. The van der Waals surface area contributed by atoms with E-state index in [0.717, 1.165) is 37.0 Å². The fourth-order valence-corrected chi connectivity index (χ4v) is 7.18. The number of amides is 3. The van der Waals surface area contributed by atoms with Crippen molar-refractivity contribution in [3.8, 4) is 5.75 Å². The van der Waals surface area contributed by atoms with Crippen LogP contribution in [-0.2, 0) is 25.5 Å². The monoisotopic (exact) mass is 543 g/mol. The zero-order valence-corrected chi connectivity index (χ0v) is 23.1. The van der Waals surface area contributed by atoms with Gasteiger partial charge in [0.05, 0.1) is 24.5 Å². The van der Waals surface area contributed by atoms with Crippen LogP contribution >= 0.6 is 0 Å². The highest BCUT2D eigenvalue weighted by Crippen LogP contribution is 2.59. The van der Waals surface area contributed by atoms with Gasteiger partial charge in [-0.3, -0.25) is 14.4 Å². The zero-order chi connectivity index (χ0) is 27.9. The number of methoxy groups -OCH3 is 1. The lowest BCUT2D eigenvalue weighted by atomic mass is 9.70. The first-order chi connectivity index (χ1) is 19.3. The Morgan fingerprint density at radius 1 is 1.00 bits per heavy atom. The molecule has 3 amide bonds. The Labute approximate surface area is 235 Å². The van der Waals surface area contributed by atoms with Crippen molar-refractivity contribution in [1.82, 2.24) is 10.2 Å².